The van der Waals surface area contributed by atoms with E-state index in [1.165, 1.54) is 11.1 Å². The Morgan fingerprint density at radius 2 is 1.82 bits per heavy atom. The van der Waals surface area contributed by atoms with E-state index < -0.39 is 0 Å². The maximum absolute atomic E-state index is 15.6. The maximum Gasteiger partial charge on any atom is 0.220 e. The lowest BCUT2D eigenvalue weighted by Gasteiger charge is -2.27. The molecule has 7 nitrogen and oxygen atoms in total. The minimum Gasteiger partial charge on any atom is -0.496 e. The summed E-state index contributed by atoms with van der Waals surface area (Å²) in [5.41, 5.74) is 10.2. The van der Waals surface area contributed by atoms with Crippen molar-refractivity contribution in [3.63, 3.8) is 0 Å². The van der Waals surface area contributed by atoms with Crippen molar-refractivity contribution in [2.24, 2.45) is 0 Å². The molecule has 6 rings (SSSR count). The number of anilines is 2. The first-order chi connectivity index (χ1) is 21.3. The van der Waals surface area contributed by atoms with Crippen molar-refractivity contribution in [2.45, 2.75) is 52.2 Å². The molecule has 1 amide bonds. The van der Waals surface area contributed by atoms with E-state index in [0.29, 0.717) is 30.8 Å². The van der Waals surface area contributed by atoms with Gasteiger partial charge in [-0.05, 0) is 96.9 Å². The van der Waals surface area contributed by atoms with Crippen molar-refractivity contribution in [2.75, 3.05) is 32.6 Å². The first kappa shape index (κ1) is 29.8. The summed E-state index contributed by atoms with van der Waals surface area (Å²) in [4.78, 5) is 18.5. The number of benzene rings is 3. The van der Waals surface area contributed by atoms with Gasteiger partial charge in [-0.25, -0.2) is 9.37 Å². The van der Waals surface area contributed by atoms with Crippen LogP contribution in [0.1, 0.15) is 40.7 Å². The number of likely N-dealkylation sites (N-methyl/N-ethyl adjacent to an activating group) is 1. The summed E-state index contributed by atoms with van der Waals surface area (Å²) in [7, 11) is 3.72. The molecule has 228 valence electrons. The molecular weight excluding hydrogens is 553 g/mol. The summed E-state index contributed by atoms with van der Waals surface area (Å²) in [6.45, 7) is 7.05. The third-order valence-electron chi connectivity index (χ3n) is 9.02. The third-order valence-corrected chi connectivity index (χ3v) is 9.02. The highest BCUT2D eigenvalue weighted by Crippen LogP contribution is 2.38. The first-order valence-corrected chi connectivity index (χ1v) is 15.3. The average Bonchev–Trinajstić information content (AvgIpc) is 3.44. The molecule has 3 N–H and O–H groups in total. The second-order valence-corrected chi connectivity index (χ2v) is 11.9. The Kier molecular flexibility index (Phi) is 8.64. The molecule has 44 heavy (non-hydrogen) atoms. The van der Waals surface area contributed by atoms with Gasteiger partial charge in [-0.2, -0.15) is 0 Å². The number of hydrogen-bond acceptors (Lipinski definition) is 6. The summed E-state index contributed by atoms with van der Waals surface area (Å²) >= 11 is 0. The molecule has 3 aromatic carbocycles. The van der Waals surface area contributed by atoms with Gasteiger partial charge in [-0.15, -0.1) is 0 Å². The molecule has 4 aromatic rings. The zero-order valence-corrected chi connectivity index (χ0v) is 25.9. The van der Waals surface area contributed by atoms with E-state index in [0.717, 1.165) is 70.8 Å². The minimum atomic E-state index is -0.321. The van der Waals surface area contributed by atoms with Gasteiger partial charge in [0, 0.05) is 61.7 Å². The fraction of sp³-hybridized carbons (Fsp3) is 0.333. The van der Waals surface area contributed by atoms with Crippen LogP contribution in [-0.2, 0) is 24.3 Å². The number of amides is 1. The zero-order chi connectivity index (χ0) is 30.8. The van der Waals surface area contributed by atoms with Crippen molar-refractivity contribution >= 4 is 17.4 Å². The highest BCUT2D eigenvalue weighted by molar-refractivity contribution is 5.83. The third kappa shape index (κ3) is 6.05. The average molecular weight is 594 g/mol. The van der Waals surface area contributed by atoms with Crippen LogP contribution in [0.4, 0.5) is 15.9 Å². The monoisotopic (exact) mass is 593 g/mol. The van der Waals surface area contributed by atoms with Crippen LogP contribution in [0.25, 0.3) is 22.3 Å². The van der Waals surface area contributed by atoms with Crippen molar-refractivity contribution in [1.29, 1.82) is 0 Å². The summed E-state index contributed by atoms with van der Waals surface area (Å²) in [6, 6.07) is 18.2. The Balaban J connectivity index is 1.27. The molecule has 1 aromatic heterocycles. The molecule has 0 aliphatic carbocycles. The Labute approximate surface area is 258 Å². The predicted molar refractivity (Wildman–Crippen MR) is 174 cm³/mol. The lowest BCUT2D eigenvalue weighted by atomic mass is 9.90. The molecular formula is C36H40FN5O2. The lowest BCUT2D eigenvalue weighted by Crippen LogP contribution is -2.35. The van der Waals surface area contributed by atoms with E-state index in [9.17, 15) is 4.79 Å². The fourth-order valence-electron chi connectivity index (χ4n) is 6.46. The molecule has 3 heterocycles. The molecule has 0 spiro atoms. The Morgan fingerprint density at radius 1 is 1.05 bits per heavy atom. The van der Waals surface area contributed by atoms with Gasteiger partial charge in [0.25, 0.3) is 0 Å². The number of ether oxygens (including phenoxy) is 1. The lowest BCUT2D eigenvalue weighted by molar-refractivity contribution is -0.119. The molecule has 1 saturated heterocycles. The molecule has 0 unspecified atom stereocenters. The first-order valence-electron chi connectivity index (χ1n) is 15.3. The molecule has 1 fully saturated rings. The number of carbonyl (C=O) groups excluding carboxylic acids is 1. The highest BCUT2D eigenvalue weighted by Gasteiger charge is 2.22. The van der Waals surface area contributed by atoms with Crippen molar-refractivity contribution in [3.05, 3.63) is 94.4 Å². The summed E-state index contributed by atoms with van der Waals surface area (Å²) in [5.74, 6) is 1.16. The molecule has 0 radical (unpaired) electrons. The Bertz CT molecular complexity index is 1700. The molecule has 0 saturated carbocycles. The van der Waals surface area contributed by atoms with Gasteiger partial charge in [0.05, 0.1) is 7.11 Å². The number of aromatic nitrogens is 1. The maximum atomic E-state index is 15.6. The van der Waals surface area contributed by atoms with Crippen LogP contribution in [0.15, 0.2) is 60.8 Å². The van der Waals surface area contributed by atoms with Gasteiger partial charge < -0.3 is 25.6 Å². The normalized spacial score (nSPS) is 16.5. The second-order valence-electron chi connectivity index (χ2n) is 11.9. The number of nitrogens with zero attached hydrogens (tertiary/aromatic N) is 2. The second kappa shape index (κ2) is 12.8. The SMILES string of the molecule is COc1cc(-c2cccc(-c3cccc(Nc4nccc5c4CN(C)CC5)c3C)c2C)cc(F)c1CNC[C@@H]1CCC(=O)N1. The van der Waals surface area contributed by atoms with Gasteiger partial charge in [0.15, 0.2) is 0 Å². The highest BCUT2D eigenvalue weighted by atomic mass is 19.1. The van der Waals surface area contributed by atoms with E-state index in [2.05, 4.69) is 72.1 Å². The van der Waals surface area contributed by atoms with Gasteiger partial charge in [0.1, 0.15) is 17.4 Å². The quantitative estimate of drug-likeness (QED) is 0.212. The number of nitrogens with one attached hydrogen (secondary N) is 3. The van der Waals surface area contributed by atoms with Crippen molar-refractivity contribution in [3.8, 4) is 28.0 Å². The molecule has 8 heteroatoms. The largest absolute Gasteiger partial charge is 0.496 e. The Hall–Kier alpha value is -4.27. The summed E-state index contributed by atoms with van der Waals surface area (Å²) < 4.78 is 21.2. The Morgan fingerprint density at radius 3 is 2.59 bits per heavy atom. The van der Waals surface area contributed by atoms with Gasteiger partial charge in [-0.3, -0.25) is 4.79 Å². The van der Waals surface area contributed by atoms with E-state index in [4.69, 9.17) is 9.72 Å². The molecule has 0 bridgehead atoms. The molecule has 1 atom stereocenters. The summed E-state index contributed by atoms with van der Waals surface area (Å²) in [6.07, 6.45) is 4.25. The number of rotatable bonds is 9. The van der Waals surface area contributed by atoms with Crippen molar-refractivity contribution < 1.29 is 13.9 Å². The zero-order valence-electron chi connectivity index (χ0n) is 25.9. The van der Waals surface area contributed by atoms with E-state index in [-0.39, 0.29) is 17.8 Å². The number of hydrogen-bond donors (Lipinski definition) is 3. The van der Waals surface area contributed by atoms with Gasteiger partial charge in [-0.1, -0.05) is 30.3 Å². The van der Waals surface area contributed by atoms with Crippen LogP contribution in [0.3, 0.4) is 0 Å². The number of pyridine rings is 1. The molecule has 2 aliphatic heterocycles. The topological polar surface area (TPSA) is 78.5 Å². The van der Waals surface area contributed by atoms with E-state index >= 15 is 4.39 Å². The van der Waals surface area contributed by atoms with Crippen molar-refractivity contribution in [1.82, 2.24) is 20.5 Å². The molecule has 2 aliphatic rings. The number of fused-ring (bicyclic) bond motifs is 1. The van der Waals surface area contributed by atoms with E-state index in [1.54, 1.807) is 13.2 Å². The van der Waals surface area contributed by atoms with Gasteiger partial charge in [0.2, 0.25) is 5.91 Å². The van der Waals surface area contributed by atoms with Crippen LogP contribution >= 0.6 is 0 Å². The number of halogens is 1. The predicted octanol–water partition coefficient (Wildman–Crippen LogP) is 6.28. The van der Waals surface area contributed by atoms with E-state index in [1.807, 2.05) is 24.4 Å². The van der Waals surface area contributed by atoms with Crippen LogP contribution in [0, 0.1) is 19.7 Å². The van der Waals surface area contributed by atoms with Crippen LogP contribution in [0.5, 0.6) is 5.75 Å². The number of carbonyl (C=O) groups is 1. The van der Waals surface area contributed by atoms with Crippen LogP contribution in [-0.4, -0.2) is 49.1 Å². The summed E-state index contributed by atoms with van der Waals surface area (Å²) in [5, 5.41) is 9.85. The minimum absolute atomic E-state index is 0.0699. The van der Waals surface area contributed by atoms with Crippen LogP contribution < -0.4 is 20.7 Å². The van der Waals surface area contributed by atoms with Crippen LogP contribution in [0.2, 0.25) is 0 Å². The van der Waals surface area contributed by atoms with Gasteiger partial charge >= 0.3 is 0 Å². The fourth-order valence-corrected chi connectivity index (χ4v) is 6.46. The smallest absolute Gasteiger partial charge is 0.220 e. The number of methoxy groups -OCH3 is 1. The standard InChI is InChI=1S/C36H40FN5O2/c1-22-27(25-17-32(37)30(34(18-25)44-4)20-38-19-26-11-12-35(43)40-26)7-5-8-28(22)29-9-6-10-33(23(29)2)41-36-31-21-42(3)16-14-24(31)13-15-39-36/h5-10,13,15,17-18,26,38H,11-12,14,16,19-21H2,1-4H3,(H,39,41)(H,40,43)/t26-/m0/s1.